The number of hydrogen-bond acceptors (Lipinski definition) is 4. The van der Waals surface area contributed by atoms with Crippen LogP contribution in [0.5, 0.6) is 5.75 Å². The number of anilines is 1. The zero-order valence-corrected chi connectivity index (χ0v) is 12.8. The molecule has 1 rings (SSSR count). The number of nitrogens with one attached hydrogen (secondary N) is 2. The lowest BCUT2D eigenvalue weighted by Crippen LogP contribution is -2.36. The van der Waals surface area contributed by atoms with Crippen molar-refractivity contribution in [3.8, 4) is 11.8 Å². The van der Waals surface area contributed by atoms with Gasteiger partial charge in [0.15, 0.2) is 6.61 Å². The number of nitrogens with zero attached hydrogens (tertiary/aromatic N) is 1. The highest BCUT2D eigenvalue weighted by Crippen LogP contribution is 2.24. The molecule has 0 aliphatic heterocycles. The maximum Gasteiger partial charge on any atom is 0.422 e. The monoisotopic (exact) mass is 329 g/mol. The quantitative estimate of drug-likeness (QED) is 0.807. The van der Waals surface area contributed by atoms with Gasteiger partial charge in [0, 0.05) is 11.7 Å². The van der Waals surface area contributed by atoms with Crippen molar-refractivity contribution in [2.45, 2.75) is 32.5 Å². The first kappa shape index (κ1) is 18.6. The molecule has 0 saturated carbocycles. The third-order valence-corrected chi connectivity index (χ3v) is 2.96. The zero-order valence-electron chi connectivity index (χ0n) is 12.8. The first-order valence-electron chi connectivity index (χ1n) is 7.02. The van der Waals surface area contributed by atoms with Gasteiger partial charge in [0.1, 0.15) is 11.8 Å². The molecule has 1 amide bonds. The number of ether oxygens (including phenoxy) is 1. The van der Waals surface area contributed by atoms with Crippen molar-refractivity contribution >= 4 is 11.6 Å². The summed E-state index contributed by atoms with van der Waals surface area (Å²) >= 11 is 0. The van der Waals surface area contributed by atoms with Crippen molar-refractivity contribution in [1.82, 2.24) is 5.32 Å². The summed E-state index contributed by atoms with van der Waals surface area (Å²) in [5.41, 5.74) is 0.404. The zero-order chi connectivity index (χ0) is 17.5. The van der Waals surface area contributed by atoms with E-state index in [1.54, 1.807) is 6.07 Å². The second-order valence-corrected chi connectivity index (χ2v) is 4.96. The number of hydrogen-bond donors (Lipinski definition) is 2. The van der Waals surface area contributed by atoms with E-state index in [2.05, 4.69) is 15.4 Å². The molecule has 0 spiro atoms. The summed E-state index contributed by atoms with van der Waals surface area (Å²) in [5, 5.41) is 14.6. The summed E-state index contributed by atoms with van der Waals surface area (Å²) in [5.74, 6) is -0.366. The fraction of sp³-hybridized carbons (Fsp3) is 0.467. The van der Waals surface area contributed by atoms with Gasteiger partial charge in [-0.25, -0.2) is 0 Å². The lowest BCUT2D eigenvalue weighted by atomic mass is 10.2. The lowest BCUT2D eigenvalue weighted by Gasteiger charge is -2.14. The summed E-state index contributed by atoms with van der Waals surface area (Å²) in [6.45, 7) is 2.35. The van der Waals surface area contributed by atoms with Gasteiger partial charge in [0.05, 0.1) is 12.1 Å². The van der Waals surface area contributed by atoms with Crippen LogP contribution in [0.2, 0.25) is 0 Å². The van der Waals surface area contributed by atoms with Crippen LogP contribution < -0.4 is 15.4 Å². The minimum Gasteiger partial charge on any atom is -0.483 e. The van der Waals surface area contributed by atoms with Crippen molar-refractivity contribution < 1.29 is 22.7 Å². The SMILES string of the molecule is CC[C@@H](C)NC(=O)CNc1ccc(OCC(F)(F)F)c(C#N)c1. The van der Waals surface area contributed by atoms with Crippen LogP contribution in [0, 0.1) is 11.3 Å². The lowest BCUT2D eigenvalue weighted by molar-refractivity contribution is -0.153. The van der Waals surface area contributed by atoms with E-state index >= 15 is 0 Å². The number of carbonyl (C=O) groups is 1. The Morgan fingerprint density at radius 3 is 2.70 bits per heavy atom. The summed E-state index contributed by atoms with van der Waals surface area (Å²) < 4.78 is 41.0. The first-order valence-corrected chi connectivity index (χ1v) is 7.02. The summed E-state index contributed by atoms with van der Waals surface area (Å²) in [6.07, 6.45) is -3.67. The van der Waals surface area contributed by atoms with Crippen LogP contribution in [0.25, 0.3) is 0 Å². The highest BCUT2D eigenvalue weighted by Gasteiger charge is 2.28. The Labute approximate surface area is 132 Å². The van der Waals surface area contributed by atoms with Gasteiger partial charge in [0.25, 0.3) is 0 Å². The maximum absolute atomic E-state index is 12.1. The van der Waals surface area contributed by atoms with Crippen LogP contribution in [0.15, 0.2) is 18.2 Å². The number of halogens is 3. The van der Waals surface area contributed by atoms with Gasteiger partial charge in [-0.1, -0.05) is 6.92 Å². The number of rotatable bonds is 7. The van der Waals surface area contributed by atoms with Crippen molar-refractivity contribution in [2.24, 2.45) is 0 Å². The highest BCUT2D eigenvalue weighted by molar-refractivity contribution is 5.81. The van der Waals surface area contributed by atoms with Gasteiger partial charge < -0.3 is 15.4 Å². The second kappa shape index (κ2) is 8.27. The molecule has 8 heteroatoms. The third kappa shape index (κ3) is 6.91. The van der Waals surface area contributed by atoms with Crippen molar-refractivity contribution in [3.05, 3.63) is 23.8 Å². The number of alkyl halides is 3. The van der Waals surface area contributed by atoms with E-state index in [4.69, 9.17) is 5.26 Å². The predicted molar refractivity (Wildman–Crippen MR) is 79.1 cm³/mol. The van der Waals surface area contributed by atoms with Crippen LogP contribution in [0.3, 0.4) is 0 Å². The molecular weight excluding hydrogens is 311 g/mol. The molecule has 0 aromatic heterocycles. The van der Waals surface area contributed by atoms with Gasteiger partial charge in [-0.2, -0.15) is 18.4 Å². The minimum atomic E-state index is -4.47. The molecule has 5 nitrogen and oxygen atoms in total. The topological polar surface area (TPSA) is 74.2 Å². The van der Waals surface area contributed by atoms with Gasteiger partial charge >= 0.3 is 6.18 Å². The highest BCUT2D eigenvalue weighted by atomic mass is 19.4. The average molecular weight is 329 g/mol. The van der Waals surface area contributed by atoms with E-state index in [1.807, 2.05) is 13.8 Å². The Balaban J connectivity index is 2.65. The van der Waals surface area contributed by atoms with E-state index in [9.17, 15) is 18.0 Å². The van der Waals surface area contributed by atoms with Gasteiger partial charge in [-0.05, 0) is 31.5 Å². The van der Waals surface area contributed by atoms with Crippen LogP contribution in [0.1, 0.15) is 25.8 Å². The standard InChI is InChI=1S/C15H18F3N3O2/c1-3-10(2)21-14(22)8-20-12-4-5-13(11(6-12)7-19)23-9-15(16,17)18/h4-6,10,20H,3,8-9H2,1-2H3,(H,21,22)/t10-/m1/s1. The molecule has 0 bridgehead atoms. The summed E-state index contributed by atoms with van der Waals surface area (Å²) in [4.78, 5) is 11.6. The van der Waals surface area contributed by atoms with E-state index < -0.39 is 12.8 Å². The van der Waals surface area contributed by atoms with Crippen LogP contribution in [0.4, 0.5) is 18.9 Å². The molecule has 0 fully saturated rings. The summed E-state index contributed by atoms with van der Waals surface area (Å²) in [6, 6.07) is 5.87. The van der Waals surface area contributed by atoms with E-state index in [-0.39, 0.29) is 29.8 Å². The Kier molecular flexibility index (Phi) is 6.69. The average Bonchev–Trinajstić information content (AvgIpc) is 2.50. The largest absolute Gasteiger partial charge is 0.483 e. The number of carbonyl (C=O) groups excluding carboxylic acids is 1. The molecule has 1 aromatic rings. The van der Waals surface area contributed by atoms with Gasteiger partial charge in [-0.3, -0.25) is 4.79 Å². The van der Waals surface area contributed by atoms with Crippen LogP contribution in [-0.4, -0.2) is 31.3 Å². The molecule has 23 heavy (non-hydrogen) atoms. The van der Waals surface area contributed by atoms with Crippen molar-refractivity contribution in [1.29, 1.82) is 5.26 Å². The Hall–Kier alpha value is -2.43. The fourth-order valence-corrected chi connectivity index (χ4v) is 1.62. The van der Waals surface area contributed by atoms with E-state index in [0.29, 0.717) is 5.69 Å². The predicted octanol–water partition coefficient (Wildman–Crippen LogP) is 2.83. The minimum absolute atomic E-state index is 0.00202. The third-order valence-electron chi connectivity index (χ3n) is 2.96. The Morgan fingerprint density at radius 1 is 1.43 bits per heavy atom. The smallest absolute Gasteiger partial charge is 0.422 e. The van der Waals surface area contributed by atoms with Gasteiger partial charge in [-0.15, -0.1) is 0 Å². The molecule has 0 radical (unpaired) electrons. The van der Waals surface area contributed by atoms with E-state index in [1.165, 1.54) is 18.2 Å². The molecule has 0 unspecified atom stereocenters. The molecule has 1 aromatic carbocycles. The van der Waals surface area contributed by atoms with Crippen molar-refractivity contribution in [2.75, 3.05) is 18.5 Å². The number of benzene rings is 1. The maximum atomic E-state index is 12.1. The van der Waals surface area contributed by atoms with Crippen molar-refractivity contribution in [3.63, 3.8) is 0 Å². The van der Waals surface area contributed by atoms with Crippen LogP contribution in [-0.2, 0) is 4.79 Å². The molecule has 126 valence electrons. The Bertz CT molecular complexity index is 582. The fourth-order valence-electron chi connectivity index (χ4n) is 1.62. The molecule has 2 N–H and O–H groups in total. The first-order chi connectivity index (χ1) is 10.7. The molecule has 0 aliphatic rings. The second-order valence-electron chi connectivity index (χ2n) is 4.96. The molecule has 0 aliphatic carbocycles. The Morgan fingerprint density at radius 2 is 2.13 bits per heavy atom. The molecule has 1 atom stereocenters. The normalized spacial score (nSPS) is 12.2. The molecule has 0 heterocycles. The van der Waals surface area contributed by atoms with Gasteiger partial charge in [0.2, 0.25) is 5.91 Å². The molecular formula is C15H18F3N3O2. The molecule has 0 saturated heterocycles. The van der Waals surface area contributed by atoms with Crippen LogP contribution >= 0.6 is 0 Å². The number of amides is 1. The summed E-state index contributed by atoms with van der Waals surface area (Å²) in [7, 11) is 0. The number of nitriles is 1. The van der Waals surface area contributed by atoms with E-state index in [0.717, 1.165) is 6.42 Å².